The van der Waals surface area contributed by atoms with Crippen LogP contribution in [0, 0.1) is 0 Å². The first kappa shape index (κ1) is 18.1. The van der Waals surface area contributed by atoms with Gasteiger partial charge in [-0.25, -0.2) is 4.98 Å². The Morgan fingerprint density at radius 2 is 2.07 bits per heavy atom. The smallest absolute Gasteiger partial charge is 0.233 e. The minimum absolute atomic E-state index is 0.0967. The number of hydrogen-bond acceptors (Lipinski definition) is 6. The molecule has 3 heterocycles. The number of fused-ring (bicyclic) bond motifs is 1. The average molecular weight is 377 g/mol. The minimum atomic E-state index is 0.0967. The van der Waals surface area contributed by atoms with Gasteiger partial charge in [-0.2, -0.15) is 4.98 Å². The Morgan fingerprint density at radius 3 is 2.79 bits per heavy atom. The second kappa shape index (κ2) is 7.38. The number of benzene rings is 1. The van der Waals surface area contributed by atoms with Crippen LogP contribution in [0.15, 0.2) is 36.8 Å². The van der Waals surface area contributed by atoms with Gasteiger partial charge < -0.3 is 9.88 Å². The van der Waals surface area contributed by atoms with Gasteiger partial charge in [0, 0.05) is 36.1 Å². The van der Waals surface area contributed by atoms with Crippen molar-refractivity contribution in [1.82, 2.24) is 24.7 Å². The van der Waals surface area contributed by atoms with Crippen LogP contribution in [0.3, 0.4) is 0 Å². The third-order valence-electron chi connectivity index (χ3n) is 5.08. The Morgan fingerprint density at radius 1 is 1.25 bits per heavy atom. The fourth-order valence-corrected chi connectivity index (χ4v) is 3.60. The third-order valence-corrected chi connectivity index (χ3v) is 5.08. The molecule has 3 aromatic rings. The normalized spacial score (nSPS) is 13.3. The van der Waals surface area contributed by atoms with E-state index >= 15 is 0 Å². The van der Waals surface area contributed by atoms with Crippen molar-refractivity contribution >= 4 is 23.4 Å². The zero-order chi connectivity index (χ0) is 19.7. The lowest BCUT2D eigenvalue weighted by atomic mass is 10.1. The van der Waals surface area contributed by atoms with Crippen molar-refractivity contribution < 1.29 is 4.79 Å². The largest absolute Gasteiger partial charge is 0.324 e. The van der Waals surface area contributed by atoms with E-state index in [-0.39, 0.29) is 11.9 Å². The van der Waals surface area contributed by atoms with Crippen LogP contribution in [0.25, 0.3) is 11.4 Å². The highest BCUT2D eigenvalue weighted by Crippen LogP contribution is 2.31. The SMILES string of the molecule is CCC(CC)N1C(=O)Cc2cnc(Nc3cccc(-c4nncn4C)c3)nc21. The summed E-state index contributed by atoms with van der Waals surface area (Å²) in [5, 5.41) is 11.3. The van der Waals surface area contributed by atoms with Crippen LogP contribution in [0.1, 0.15) is 32.3 Å². The van der Waals surface area contributed by atoms with Crippen LogP contribution in [-0.2, 0) is 18.3 Å². The summed E-state index contributed by atoms with van der Waals surface area (Å²) in [6.07, 6.45) is 5.58. The molecule has 0 fully saturated rings. The van der Waals surface area contributed by atoms with Gasteiger partial charge in [-0.15, -0.1) is 10.2 Å². The summed E-state index contributed by atoms with van der Waals surface area (Å²) >= 11 is 0. The molecule has 0 atom stereocenters. The molecule has 144 valence electrons. The van der Waals surface area contributed by atoms with E-state index in [2.05, 4.69) is 39.3 Å². The highest BCUT2D eigenvalue weighted by Gasteiger charge is 2.33. The van der Waals surface area contributed by atoms with Gasteiger partial charge in [-0.3, -0.25) is 9.69 Å². The third kappa shape index (κ3) is 3.21. The summed E-state index contributed by atoms with van der Waals surface area (Å²) in [6.45, 7) is 4.19. The Labute approximate surface area is 163 Å². The van der Waals surface area contributed by atoms with Crippen LogP contribution >= 0.6 is 0 Å². The summed E-state index contributed by atoms with van der Waals surface area (Å²) in [7, 11) is 1.91. The van der Waals surface area contributed by atoms with Gasteiger partial charge in [0.2, 0.25) is 11.9 Å². The number of hydrogen-bond donors (Lipinski definition) is 1. The molecule has 1 aliphatic heterocycles. The van der Waals surface area contributed by atoms with Gasteiger partial charge in [0.15, 0.2) is 5.82 Å². The van der Waals surface area contributed by atoms with Gasteiger partial charge in [0.25, 0.3) is 0 Å². The maximum Gasteiger partial charge on any atom is 0.233 e. The summed E-state index contributed by atoms with van der Waals surface area (Å²) in [5.74, 6) is 2.07. The molecule has 1 N–H and O–H groups in total. The van der Waals surface area contributed by atoms with Crippen molar-refractivity contribution in [1.29, 1.82) is 0 Å². The highest BCUT2D eigenvalue weighted by molar-refractivity contribution is 6.00. The summed E-state index contributed by atoms with van der Waals surface area (Å²) in [6, 6.07) is 8.01. The first-order valence-electron chi connectivity index (χ1n) is 9.50. The fourth-order valence-electron chi connectivity index (χ4n) is 3.60. The van der Waals surface area contributed by atoms with Crippen LogP contribution in [0.5, 0.6) is 0 Å². The first-order chi connectivity index (χ1) is 13.6. The minimum Gasteiger partial charge on any atom is -0.324 e. The molecular weight excluding hydrogens is 354 g/mol. The Balaban J connectivity index is 1.62. The molecule has 0 bridgehead atoms. The molecule has 0 aliphatic carbocycles. The molecule has 4 rings (SSSR count). The topological polar surface area (TPSA) is 88.8 Å². The molecule has 0 radical (unpaired) electrons. The van der Waals surface area contributed by atoms with Crippen molar-refractivity contribution in [2.45, 2.75) is 39.2 Å². The van der Waals surface area contributed by atoms with E-state index < -0.39 is 0 Å². The molecule has 0 saturated heterocycles. The second-order valence-electron chi connectivity index (χ2n) is 6.92. The number of rotatable bonds is 6. The van der Waals surface area contributed by atoms with E-state index in [0.717, 1.165) is 41.3 Å². The second-order valence-corrected chi connectivity index (χ2v) is 6.92. The molecule has 2 aromatic heterocycles. The van der Waals surface area contributed by atoms with E-state index in [1.54, 1.807) is 12.5 Å². The molecule has 0 spiro atoms. The number of nitrogens with one attached hydrogen (secondary N) is 1. The maximum absolute atomic E-state index is 12.5. The average Bonchev–Trinajstić information content (AvgIpc) is 3.26. The van der Waals surface area contributed by atoms with Crippen molar-refractivity contribution in [3.05, 3.63) is 42.4 Å². The summed E-state index contributed by atoms with van der Waals surface area (Å²) in [5.41, 5.74) is 2.68. The van der Waals surface area contributed by atoms with Crippen molar-refractivity contribution in [3.8, 4) is 11.4 Å². The van der Waals surface area contributed by atoms with Crippen LogP contribution in [0.4, 0.5) is 17.5 Å². The lowest BCUT2D eigenvalue weighted by molar-refractivity contribution is -0.117. The Kier molecular flexibility index (Phi) is 4.77. The van der Waals surface area contributed by atoms with Gasteiger partial charge in [-0.1, -0.05) is 26.0 Å². The number of aromatic nitrogens is 5. The molecule has 1 aliphatic rings. The zero-order valence-corrected chi connectivity index (χ0v) is 16.3. The summed E-state index contributed by atoms with van der Waals surface area (Å²) < 4.78 is 1.87. The van der Waals surface area contributed by atoms with Crippen LogP contribution in [-0.4, -0.2) is 36.7 Å². The van der Waals surface area contributed by atoms with Crippen LogP contribution in [0.2, 0.25) is 0 Å². The van der Waals surface area contributed by atoms with E-state index in [9.17, 15) is 4.79 Å². The highest BCUT2D eigenvalue weighted by atomic mass is 16.2. The first-order valence-corrected chi connectivity index (χ1v) is 9.50. The van der Waals surface area contributed by atoms with Crippen LogP contribution < -0.4 is 10.2 Å². The molecular formula is C20H23N7O. The molecule has 0 unspecified atom stereocenters. The molecule has 1 amide bonds. The van der Waals surface area contributed by atoms with Gasteiger partial charge in [-0.05, 0) is 25.0 Å². The Hall–Kier alpha value is -3.29. The lowest BCUT2D eigenvalue weighted by Crippen LogP contribution is -2.37. The number of anilines is 3. The predicted molar refractivity (Wildman–Crippen MR) is 107 cm³/mol. The van der Waals surface area contributed by atoms with Gasteiger partial charge in [0.1, 0.15) is 12.1 Å². The van der Waals surface area contributed by atoms with Crippen molar-refractivity contribution in [2.24, 2.45) is 7.05 Å². The maximum atomic E-state index is 12.5. The molecule has 28 heavy (non-hydrogen) atoms. The zero-order valence-electron chi connectivity index (χ0n) is 16.3. The Bertz CT molecular complexity index is 1010. The summed E-state index contributed by atoms with van der Waals surface area (Å²) in [4.78, 5) is 23.4. The number of nitrogens with zero attached hydrogens (tertiary/aromatic N) is 6. The monoisotopic (exact) mass is 377 g/mol. The number of amides is 1. The molecule has 0 saturated carbocycles. The van der Waals surface area contributed by atoms with E-state index in [1.807, 2.05) is 40.8 Å². The van der Waals surface area contributed by atoms with Crippen molar-refractivity contribution in [3.63, 3.8) is 0 Å². The quantitative estimate of drug-likeness (QED) is 0.710. The predicted octanol–water partition coefficient (Wildman–Crippen LogP) is 3.09. The van der Waals surface area contributed by atoms with Gasteiger partial charge >= 0.3 is 0 Å². The number of carbonyl (C=O) groups excluding carboxylic acids is 1. The van der Waals surface area contributed by atoms with E-state index in [1.165, 1.54) is 0 Å². The molecule has 8 nitrogen and oxygen atoms in total. The van der Waals surface area contributed by atoms with E-state index in [4.69, 9.17) is 0 Å². The molecule has 8 heteroatoms. The number of aryl methyl sites for hydroxylation is 1. The fraction of sp³-hybridized carbons (Fsp3) is 0.350. The standard InChI is InChI=1S/C20H23N7O/c1-4-16(5-2)27-17(28)10-14-11-21-20(24-18(14)27)23-15-8-6-7-13(9-15)19-25-22-12-26(19)3/h6-9,11-12,16H,4-5,10H2,1-3H3,(H,21,23,24). The lowest BCUT2D eigenvalue weighted by Gasteiger charge is -2.25. The molecule has 1 aromatic carbocycles. The number of carbonyl (C=O) groups is 1. The van der Waals surface area contributed by atoms with Gasteiger partial charge in [0.05, 0.1) is 6.42 Å². The van der Waals surface area contributed by atoms with Crippen molar-refractivity contribution in [2.75, 3.05) is 10.2 Å². The van der Waals surface area contributed by atoms with E-state index in [0.29, 0.717) is 12.4 Å².